The van der Waals surface area contributed by atoms with Crippen LogP contribution in [0.15, 0.2) is 24.3 Å². The van der Waals surface area contributed by atoms with E-state index in [1.54, 1.807) is 30.9 Å². The number of carbonyl (C=O) groups excluding carboxylic acids is 2. The number of benzene rings is 1. The summed E-state index contributed by atoms with van der Waals surface area (Å²) in [6, 6.07) is 6.47. The summed E-state index contributed by atoms with van der Waals surface area (Å²) in [6.45, 7) is 5.76. The minimum absolute atomic E-state index is 0.176. The molecule has 0 radical (unpaired) electrons. The zero-order chi connectivity index (χ0) is 17.0. The van der Waals surface area contributed by atoms with E-state index < -0.39 is 11.6 Å². The third kappa shape index (κ3) is 4.53. The lowest BCUT2D eigenvalue weighted by atomic mass is 9.94. The van der Waals surface area contributed by atoms with E-state index in [1.165, 1.54) is 19.1 Å². The molecule has 126 valence electrons. The lowest BCUT2D eigenvalue weighted by molar-refractivity contribution is -0.168. The van der Waals surface area contributed by atoms with Gasteiger partial charge >= 0.3 is 5.97 Å². The third-order valence-corrected chi connectivity index (χ3v) is 4.21. The van der Waals surface area contributed by atoms with Crippen LogP contribution in [0.5, 0.6) is 0 Å². The maximum absolute atomic E-state index is 13.1. The van der Waals surface area contributed by atoms with Gasteiger partial charge in [0.1, 0.15) is 5.82 Å². The molecule has 0 bridgehead atoms. The van der Waals surface area contributed by atoms with Crippen LogP contribution in [0.25, 0.3) is 0 Å². The van der Waals surface area contributed by atoms with Crippen molar-refractivity contribution < 1.29 is 18.7 Å². The predicted molar refractivity (Wildman–Crippen MR) is 85.4 cm³/mol. The first-order chi connectivity index (χ1) is 10.8. The maximum atomic E-state index is 13.1. The first kappa shape index (κ1) is 17.4. The van der Waals surface area contributed by atoms with Crippen molar-refractivity contribution in [3.8, 4) is 0 Å². The van der Waals surface area contributed by atoms with Crippen LogP contribution in [-0.2, 0) is 14.3 Å². The van der Waals surface area contributed by atoms with Gasteiger partial charge in [0.25, 0.3) is 5.91 Å². The molecule has 23 heavy (non-hydrogen) atoms. The average molecular weight is 321 g/mol. The number of esters is 1. The zero-order valence-corrected chi connectivity index (χ0v) is 14.0. The number of likely N-dealkylation sites (tertiary alicyclic amines) is 1. The molecule has 4 nitrogen and oxygen atoms in total. The molecule has 0 unspecified atom stereocenters. The number of nitrogens with zero attached hydrogens (tertiary/aromatic N) is 1. The highest BCUT2D eigenvalue weighted by atomic mass is 19.1. The number of hydrogen-bond acceptors (Lipinski definition) is 3. The number of halogens is 1. The van der Waals surface area contributed by atoms with Crippen LogP contribution in [0.2, 0.25) is 0 Å². The van der Waals surface area contributed by atoms with Gasteiger partial charge in [0, 0.05) is 25.9 Å². The van der Waals surface area contributed by atoms with Crippen molar-refractivity contribution >= 4 is 11.9 Å². The standard InChI is InChI=1S/C18H24FNO3/c1-13(21)23-18(2,3)17(22)20-11-5-4-6-15(12-20)14-7-9-16(19)10-8-14/h7-10,15H,4-6,11-12H2,1-3H3/t15-/m1/s1. The van der Waals surface area contributed by atoms with E-state index in [0.717, 1.165) is 24.8 Å². The Kier molecular flexibility index (Phi) is 5.39. The molecule has 1 atom stereocenters. The molecule has 1 amide bonds. The summed E-state index contributed by atoms with van der Waals surface area (Å²) in [5.74, 6) is -0.726. The van der Waals surface area contributed by atoms with Gasteiger partial charge < -0.3 is 9.64 Å². The Hall–Kier alpha value is -1.91. The van der Waals surface area contributed by atoms with E-state index in [2.05, 4.69) is 0 Å². The van der Waals surface area contributed by atoms with Crippen molar-refractivity contribution in [1.82, 2.24) is 4.90 Å². The van der Waals surface area contributed by atoms with Crippen molar-refractivity contribution in [2.45, 2.75) is 51.6 Å². The van der Waals surface area contributed by atoms with Gasteiger partial charge in [0.15, 0.2) is 5.60 Å². The average Bonchev–Trinajstić information content (AvgIpc) is 2.72. The van der Waals surface area contributed by atoms with Crippen LogP contribution in [0.3, 0.4) is 0 Å². The number of amides is 1. The van der Waals surface area contributed by atoms with E-state index in [1.807, 2.05) is 0 Å². The van der Waals surface area contributed by atoms with E-state index in [9.17, 15) is 14.0 Å². The lowest BCUT2D eigenvalue weighted by Gasteiger charge is -2.32. The van der Waals surface area contributed by atoms with Crippen molar-refractivity contribution in [2.24, 2.45) is 0 Å². The van der Waals surface area contributed by atoms with E-state index in [4.69, 9.17) is 4.74 Å². The Morgan fingerprint density at radius 2 is 1.87 bits per heavy atom. The minimum atomic E-state index is -1.16. The number of ether oxygens (including phenoxy) is 1. The lowest BCUT2D eigenvalue weighted by Crippen LogP contribution is -2.48. The van der Waals surface area contributed by atoms with Crippen LogP contribution >= 0.6 is 0 Å². The number of rotatable bonds is 3. The SMILES string of the molecule is CC(=O)OC(C)(C)C(=O)N1CCCC[C@@H](c2ccc(F)cc2)C1. The van der Waals surface area contributed by atoms with Gasteiger partial charge in [-0.05, 0) is 44.4 Å². The van der Waals surface area contributed by atoms with Crippen LogP contribution in [-0.4, -0.2) is 35.5 Å². The quantitative estimate of drug-likeness (QED) is 0.803. The molecule has 5 heteroatoms. The van der Waals surface area contributed by atoms with Crippen LogP contribution in [0, 0.1) is 5.82 Å². The van der Waals surface area contributed by atoms with Gasteiger partial charge in [-0.2, -0.15) is 0 Å². The van der Waals surface area contributed by atoms with Crippen molar-refractivity contribution in [3.05, 3.63) is 35.6 Å². The molecule has 1 heterocycles. The molecule has 1 aliphatic rings. The molecule has 1 fully saturated rings. The number of carbonyl (C=O) groups is 2. The molecule has 1 aliphatic heterocycles. The van der Waals surface area contributed by atoms with E-state index >= 15 is 0 Å². The Balaban J connectivity index is 2.14. The van der Waals surface area contributed by atoms with E-state index in [-0.39, 0.29) is 17.6 Å². The largest absolute Gasteiger partial charge is 0.450 e. The maximum Gasteiger partial charge on any atom is 0.303 e. The van der Waals surface area contributed by atoms with Gasteiger partial charge in [-0.25, -0.2) is 4.39 Å². The Bertz CT molecular complexity index is 568. The van der Waals surface area contributed by atoms with Gasteiger partial charge in [-0.3, -0.25) is 9.59 Å². The molecule has 0 aromatic heterocycles. The first-order valence-electron chi connectivity index (χ1n) is 8.04. The number of hydrogen-bond donors (Lipinski definition) is 0. The summed E-state index contributed by atoms with van der Waals surface area (Å²) in [5, 5.41) is 0. The van der Waals surface area contributed by atoms with Gasteiger partial charge in [0.2, 0.25) is 0 Å². The highest BCUT2D eigenvalue weighted by Gasteiger charge is 2.36. The van der Waals surface area contributed by atoms with Gasteiger partial charge in [-0.15, -0.1) is 0 Å². The summed E-state index contributed by atoms with van der Waals surface area (Å²) in [6.07, 6.45) is 2.89. The molecule has 1 aromatic rings. The molecule has 0 spiro atoms. The molecule has 1 aromatic carbocycles. The Morgan fingerprint density at radius 3 is 2.48 bits per heavy atom. The molecular formula is C18H24FNO3. The summed E-state index contributed by atoms with van der Waals surface area (Å²) >= 11 is 0. The van der Waals surface area contributed by atoms with Gasteiger partial charge in [0.05, 0.1) is 0 Å². The molecule has 0 N–H and O–H groups in total. The summed E-state index contributed by atoms with van der Waals surface area (Å²) in [7, 11) is 0. The summed E-state index contributed by atoms with van der Waals surface area (Å²) in [4.78, 5) is 25.7. The van der Waals surface area contributed by atoms with Crippen LogP contribution in [0.1, 0.15) is 51.5 Å². The molecule has 2 rings (SSSR count). The molecule has 0 aliphatic carbocycles. The minimum Gasteiger partial charge on any atom is -0.450 e. The fourth-order valence-corrected chi connectivity index (χ4v) is 3.12. The van der Waals surface area contributed by atoms with Crippen molar-refractivity contribution in [1.29, 1.82) is 0 Å². The highest BCUT2D eigenvalue weighted by molar-refractivity contribution is 5.86. The van der Waals surface area contributed by atoms with E-state index in [0.29, 0.717) is 13.1 Å². The fourth-order valence-electron chi connectivity index (χ4n) is 3.12. The second kappa shape index (κ2) is 7.11. The highest BCUT2D eigenvalue weighted by Crippen LogP contribution is 2.28. The first-order valence-corrected chi connectivity index (χ1v) is 8.04. The second-order valence-corrected chi connectivity index (χ2v) is 6.60. The fraction of sp³-hybridized carbons (Fsp3) is 0.556. The normalized spacial score (nSPS) is 19.1. The Morgan fingerprint density at radius 1 is 1.22 bits per heavy atom. The van der Waals surface area contributed by atoms with Crippen LogP contribution < -0.4 is 0 Å². The summed E-state index contributed by atoms with van der Waals surface area (Å²) in [5.41, 5.74) is -0.125. The molecule has 0 saturated carbocycles. The smallest absolute Gasteiger partial charge is 0.303 e. The third-order valence-electron chi connectivity index (χ3n) is 4.21. The Labute approximate surface area is 136 Å². The topological polar surface area (TPSA) is 46.6 Å². The second-order valence-electron chi connectivity index (χ2n) is 6.60. The summed E-state index contributed by atoms with van der Waals surface area (Å²) < 4.78 is 18.3. The monoisotopic (exact) mass is 321 g/mol. The van der Waals surface area contributed by atoms with Crippen molar-refractivity contribution in [3.63, 3.8) is 0 Å². The van der Waals surface area contributed by atoms with Gasteiger partial charge in [-0.1, -0.05) is 18.6 Å². The predicted octanol–water partition coefficient (Wildman–Crippen LogP) is 3.26. The van der Waals surface area contributed by atoms with Crippen molar-refractivity contribution in [2.75, 3.05) is 13.1 Å². The van der Waals surface area contributed by atoms with Crippen LogP contribution in [0.4, 0.5) is 4.39 Å². The molecule has 1 saturated heterocycles. The molecular weight excluding hydrogens is 297 g/mol. The zero-order valence-electron chi connectivity index (χ0n) is 14.0.